The monoisotopic (exact) mass is 425 g/mol. The maximum Gasteiger partial charge on any atom is 0.326 e. The van der Waals surface area contributed by atoms with E-state index in [1.807, 2.05) is 6.08 Å². The second kappa shape index (κ2) is 9.24. The van der Waals surface area contributed by atoms with Crippen LogP contribution in [0.5, 0.6) is 0 Å². The van der Waals surface area contributed by atoms with Gasteiger partial charge in [-0.2, -0.15) is 4.98 Å². The molecule has 10 heteroatoms. The molecule has 1 aliphatic carbocycles. The number of carbonyl (C=O) groups excluding carboxylic acids is 1. The van der Waals surface area contributed by atoms with Crippen molar-refractivity contribution in [2.45, 2.75) is 38.1 Å². The number of carboxylic acids is 2. The molecule has 1 atom stereocenters. The molecule has 162 valence electrons. The van der Waals surface area contributed by atoms with Crippen LogP contribution in [0.15, 0.2) is 30.3 Å². The predicted octanol–water partition coefficient (Wildman–Crippen LogP) is 1.26. The Kier molecular flexibility index (Phi) is 6.49. The van der Waals surface area contributed by atoms with Crippen molar-refractivity contribution in [1.29, 1.82) is 0 Å². The zero-order chi connectivity index (χ0) is 22.5. The fourth-order valence-electron chi connectivity index (χ4n) is 3.46. The van der Waals surface area contributed by atoms with Crippen LogP contribution in [0.2, 0.25) is 0 Å². The van der Waals surface area contributed by atoms with Gasteiger partial charge in [0.25, 0.3) is 5.91 Å². The molecule has 0 spiro atoms. The lowest BCUT2D eigenvalue weighted by molar-refractivity contribution is -0.140. The number of allylic oxidation sites excluding steroid dienone is 2. The van der Waals surface area contributed by atoms with Gasteiger partial charge in [0, 0.05) is 17.5 Å². The molecule has 2 aromatic rings. The highest BCUT2D eigenvalue weighted by molar-refractivity contribution is 5.96. The van der Waals surface area contributed by atoms with Crippen molar-refractivity contribution in [2.75, 3.05) is 11.5 Å². The van der Waals surface area contributed by atoms with Crippen molar-refractivity contribution in [3.05, 3.63) is 52.7 Å². The van der Waals surface area contributed by atoms with Crippen LogP contribution in [-0.2, 0) is 22.4 Å². The third kappa shape index (κ3) is 5.35. The predicted molar refractivity (Wildman–Crippen MR) is 113 cm³/mol. The largest absolute Gasteiger partial charge is 0.481 e. The lowest BCUT2D eigenvalue weighted by atomic mass is 10.0. The highest BCUT2D eigenvalue weighted by atomic mass is 16.4. The van der Waals surface area contributed by atoms with Crippen molar-refractivity contribution in [2.24, 2.45) is 0 Å². The molecule has 10 nitrogen and oxygen atoms in total. The SMILES string of the molecule is Nc1nc(N)c2c(n1)CCC2=CCc1ccc(C(=O)N[C@@H](CCC(=O)O)C(=O)O)cc1. The number of hydrogen-bond acceptors (Lipinski definition) is 7. The van der Waals surface area contributed by atoms with Gasteiger partial charge in [-0.1, -0.05) is 18.2 Å². The number of rotatable bonds is 8. The van der Waals surface area contributed by atoms with Crippen LogP contribution < -0.4 is 16.8 Å². The van der Waals surface area contributed by atoms with Gasteiger partial charge >= 0.3 is 11.9 Å². The summed E-state index contributed by atoms with van der Waals surface area (Å²) in [6.45, 7) is 0. The zero-order valence-corrected chi connectivity index (χ0v) is 16.7. The molecule has 0 aliphatic heterocycles. The Morgan fingerprint density at radius 3 is 2.45 bits per heavy atom. The maximum atomic E-state index is 12.3. The maximum absolute atomic E-state index is 12.3. The summed E-state index contributed by atoms with van der Waals surface area (Å²) in [6.07, 6.45) is 3.66. The van der Waals surface area contributed by atoms with Crippen molar-refractivity contribution in [3.63, 3.8) is 0 Å². The second-order valence-corrected chi connectivity index (χ2v) is 7.22. The summed E-state index contributed by atoms with van der Waals surface area (Å²) in [7, 11) is 0. The molecule has 0 unspecified atom stereocenters. The number of fused-ring (bicyclic) bond motifs is 1. The number of aromatic nitrogens is 2. The first-order valence-electron chi connectivity index (χ1n) is 9.70. The van der Waals surface area contributed by atoms with Gasteiger partial charge in [-0.25, -0.2) is 9.78 Å². The molecule has 1 heterocycles. The molecule has 1 aliphatic rings. The Bertz CT molecular complexity index is 1050. The standard InChI is InChI=1S/C21H23N5O5/c22-18-17-12(7-8-14(17)25-21(23)26-18)4-1-11-2-5-13(6-3-11)19(29)24-15(20(30)31)9-10-16(27)28/h2-6,15H,1,7-10H2,(H,24,29)(H,27,28)(H,30,31)(H4,22,23,25,26)/t15-/m0/s1. The third-order valence-electron chi connectivity index (χ3n) is 5.03. The summed E-state index contributed by atoms with van der Waals surface area (Å²) in [5.41, 5.74) is 15.6. The zero-order valence-electron chi connectivity index (χ0n) is 16.7. The van der Waals surface area contributed by atoms with Crippen LogP contribution in [-0.4, -0.2) is 44.1 Å². The minimum absolute atomic E-state index is 0.166. The van der Waals surface area contributed by atoms with Gasteiger partial charge in [-0.15, -0.1) is 0 Å². The Morgan fingerprint density at radius 1 is 1.10 bits per heavy atom. The molecule has 0 fully saturated rings. The highest BCUT2D eigenvalue weighted by Gasteiger charge is 2.23. The van der Waals surface area contributed by atoms with E-state index in [9.17, 15) is 14.4 Å². The van der Waals surface area contributed by atoms with E-state index in [-0.39, 0.29) is 24.4 Å². The number of nitrogens with zero attached hydrogens (tertiary/aromatic N) is 2. The summed E-state index contributed by atoms with van der Waals surface area (Å²) >= 11 is 0. The van der Waals surface area contributed by atoms with Gasteiger partial charge in [-0.3, -0.25) is 9.59 Å². The lowest BCUT2D eigenvalue weighted by Crippen LogP contribution is -2.41. The van der Waals surface area contributed by atoms with Crippen LogP contribution >= 0.6 is 0 Å². The highest BCUT2D eigenvalue weighted by Crippen LogP contribution is 2.34. The third-order valence-corrected chi connectivity index (χ3v) is 5.03. The van der Waals surface area contributed by atoms with Gasteiger partial charge in [-0.05, 0) is 49.0 Å². The van der Waals surface area contributed by atoms with Crippen LogP contribution in [0.1, 0.15) is 46.4 Å². The summed E-state index contributed by atoms with van der Waals surface area (Å²) in [5.74, 6) is -2.44. The molecule has 0 radical (unpaired) electrons. The smallest absolute Gasteiger partial charge is 0.326 e. The van der Waals surface area contributed by atoms with Crippen LogP contribution in [0, 0.1) is 0 Å². The van der Waals surface area contributed by atoms with Crippen molar-refractivity contribution in [3.8, 4) is 0 Å². The summed E-state index contributed by atoms with van der Waals surface area (Å²) in [6, 6.07) is 5.48. The number of anilines is 2. The Balaban J connectivity index is 1.65. The fourth-order valence-corrected chi connectivity index (χ4v) is 3.46. The average molecular weight is 425 g/mol. The average Bonchev–Trinajstić information content (AvgIpc) is 3.12. The first-order valence-corrected chi connectivity index (χ1v) is 9.70. The van der Waals surface area contributed by atoms with Gasteiger partial charge < -0.3 is 27.0 Å². The topological polar surface area (TPSA) is 182 Å². The van der Waals surface area contributed by atoms with Gasteiger partial charge in [0.2, 0.25) is 5.95 Å². The number of nitrogens with two attached hydrogens (primary N) is 2. The van der Waals surface area contributed by atoms with E-state index in [0.717, 1.165) is 35.2 Å². The van der Waals surface area contributed by atoms with Gasteiger partial charge in [0.15, 0.2) is 0 Å². The second-order valence-electron chi connectivity index (χ2n) is 7.22. The Hall–Kier alpha value is -3.95. The summed E-state index contributed by atoms with van der Waals surface area (Å²) in [4.78, 5) is 42.5. The van der Waals surface area contributed by atoms with Crippen molar-refractivity contribution < 1.29 is 24.6 Å². The number of nitrogen functional groups attached to an aromatic ring is 2. The number of aryl methyl sites for hydroxylation is 1. The number of amides is 1. The van der Waals surface area contributed by atoms with Crippen LogP contribution in [0.3, 0.4) is 0 Å². The molecular weight excluding hydrogens is 402 g/mol. The summed E-state index contributed by atoms with van der Waals surface area (Å²) < 4.78 is 0. The Labute approximate surface area is 178 Å². The van der Waals surface area contributed by atoms with Crippen molar-refractivity contribution >= 4 is 35.2 Å². The molecule has 0 saturated carbocycles. The van der Waals surface area contributed by atoms with E-state index in [1.165, 1.54) is 0 Å². The molecule has 3 rings (SSSR count). The first kappa shape index (κ1) is 21.8. The minimum Gasteiger partial charge on any atom is -0.481 e. The minimum atomic E-state index is -1.28. The normalized spacial score (nSPS) is 14.8. The van der Waals surface area contributed by atoms with E-state index in [2.05, 4.69) is 15.3 Å². The molecular formula is C21H23N5O5. The molecule has 0 saturated heterocycles. The first-order chi connectivity index (χ1) is 14.7. The quantitative estimate of drug-likeness (QED) is 0.416. The molecule has 7 N–H and O–H groups in total. The molecule has 1 amide bonds. The fraction of sp³-hybridized carbons (Fsp3) is 0.286. The van der Waals surface area contributed by atoms with Crippen molar-refractivity contribution in [1.82, 2.24) is 15.3 Å². The number of benzene rings is 1. The van der Waals surface area contributed by atoms with E-state index < -0.39 is 23.9 Å². The van der Waals surface area contributed by atoms with E-state index in [0.29, 0.717) is 12.2 Å². The molecule has 31 heavy (non-hydrogen) atoms. The van der Waals surface area contributed by atoms with Crippen LogP contribution in [0.4, 0.5) is 11.8 Å². The van der Waals surface area contributed by atoms with Gasteiger partial charge in [0.1, 0.15) is 11.9 Å². The van der Waals surface area contributed by atoms with Crippen LogP contribution in [0.25, 0.3) is 5.57 Å². The van der Waals surface area contributed by atoms with Gasteiger partial charge in [0.05, 0.1) is 5.69 Å². The van der Waals surface area contributed by atoms with E-state index in [1.54, 1.807) is 24.3 Å². The molecule has 1 aromatic carbocycles. The molecule has 0 bridgehead atoms. The number of carbonyl (C=O) groups is 3. The number of nitrogens with one attached hydrogen (secondary N) is 1. The van der Waals surface area contributed by atoms with E-state index in [4.69, 9.17) is 21.7 Å². The number of carboxylic acid groups (broad SMARTS) is 2. The lowest BCUT2D eigenvalue weighted by Gasteiger charge is -2.13. The number of aliphatic carboxylic acids is 2. The Morgan fingerprint density at radius 2 is 1.81 bits per heavy atom. The number of hydrogen-bond donors (Lipinski definition) is 5. The molecule has 1 aromatic heterocycles. The van der Waals surface area contributed by atoms with E-state index >= 15 is 0 Å². The summed E-state index contributed by atoms with van der Waals surface area (Å²) in [5, 5.41) is 20.2.